The Kier molecular flexibility index (Phi) is 4.36. The maximum atomic E-state index is 10.5. The second kappa shape index (κ2) is 4.58. The van der Waals surface area contributed by atoms with E-state index in [-0.39, 0.29) is 0 Å². The van der Waals surface area contributed by atoms with Crippen LogP contribution in [-0.2, 0) is 4.79 Å². The van der Waals surface area contributed by atoms with Crippen LogP contribution >= 0.6 is 0 Å². The number of aliphatic hydroxyl groups excluding tert-OH is 1. The predicted octanol–water partition coefficient (Wildman–Crippen LogP) is 0.456. The van der Waals surface area contributed by atoms with Gasteiger partial charge in [0.05, 0.1) is 12.0 Å². The minimum Gasteiger partial charge on any atom is -0.481 e. The number of carboxylic acid groups (broad SMARTS) is 1. The molecule has 0 amide bonds. The molecule has 0 saturated carbocycles. The third-order valence-corrected chi connectivity index (χ3v) is 2.33. The number of nitrogens with one attached hydrogen (secondary N) is 1. The Bertz CT molecular complexity index is 178. The molecule has 0 bridgehead atoms. The van der Waals surface area contributed by atoms with Crippen molar-refractivity contribution in [3.8, 4) is 0 Å². The zero-order valence-electron chi connectivity index (χ0n) is 8.66. The van der Waals surface area contributed by atoms with Crippen molar-refractivity contribution in [2.45, 2.75) is 39.3 Å². The highest BCUT2D eigenvalue weighted by Gasteiger charge is 2.24. The van der Waals surface area contributed by atoms with Gasteiger partial charge in [-0.15, -0.1) is 0 Å². The van der Waals surface area contributed by atoms with Crippen molar-refractivity contribution >= 4 is 5.97 Å². The van der Waals surface area contributed by atoms with Crippen molar-refractivity contribution in [1.29, 1.82) is 0 Å². The van der Waals surface area contributed by atoms with E-state index in [1.165, 1.54) is 0 Å². The zero-order chi connectivity index (χ0) is 10.6. The van der Waals surface area contributed by atoms with Gasteiger partial charge < -0.3 is 15.5 Å². The second-order valence-electron chi connectivity index (χ2n) is 4.02. The van der Waals surface area contributed by atoms with Crippen LogP contribution in [0.3, 0.4) is 0 Å². The van der Waals surface area contributed by atoms with Crippen LogP contribution in [0.5, 0.6) is 0 Å². The molecule has 2 atom stereocenters. The van der Waals surface area contributed by atoms with E-state index in [2.05, 4.69) is 5.32 Å². The molecule has 4 heteroatoms. The number of carbonyl (C=O) groups is 1. The molecule has 0 spiro atoms. The van der Waals surface area contributed by atoms with Gasteiger partial charge in [0.1, 0.15) is 0 Å². The maximum Gasteiger partial charge on any atom is 0.307 e. The normalized spacial score (nSPS) is 16.7. The van der Waals surface area contributed by atoms with Gasteiger partial charge in [0.2, 0.25) is 0 Å². The number of hydrogen-bond acceptors (Lipinski definition) is 3. The summed E-state index contributed by atoms with van der Waals surface area (Å²) in [6, 6.07) is 0. The molecule has 0 aromatic heterocycles. The Balaban J connectivity index is 3.95. The number of hydrogen-bond donors (Lipinski definition) is 3. The molecule has 0 aliphatic carbocycles. The number of rotatable bonds is 5. The van der Waals surface area contributed by atoms with Gasteiger partial charge in [-0.25, -0.2) is 0 Å². The molecular weight excluding hydrogens is 170 g/mol. The summed E-state index contributed by atoms with van der Waals surface area (Å²) in [4.78, 5) is 10.5. The lowest BCUT2D eigenvalue weighted by Crippen LogP contribution is -2.50. The van der Waals surface area contributed by atoms with E-state index in [1.807, 2.05) is 13.8 Å². The summed E-state index contributed by atoms with van der Waals surface area (Å²) < 4.78 is 0. The van der Waals surface area contributed by atoms with Gasteiger partial charge >= 0.3 is 5.97 Å². The fourth-order valence-corrected chi connectivity index (χ4v) is 0.651. The van der Waals surface area contributed by atoms with Crippen molar-refractivity contribution in [2.75, 3.05) is 6.54 Å². The molecule has 0 aromatic rings. The lowest BCUT2D eigenvalue weighted by atomic mass is 9.98. The van der Waals surface area contributed by atoms with E-state index in [9.17, 15) is 9.90 Å². The molecule has 0 radical (unpaired) electrons. The van der Waals surface area contributed by atoms with E-state index >= 15 is 0 Å². The summed E-state index contributed by atoms with van der Waals surface area (Å²) in [7, 11) is 0. The molecule has 0 rings (SSSR count). The third kappa shape index (κ3) is 4.24. The molecular formula is C9H19NO3. The van der Waals surface area contributed by atoms with Gasteiger partial charge in [-0.05, 0) is 20.8 Å². The third-order valence-electron chi connectivity index (χ3n) is 2.33. The summed E-state index contributed by atoms with van der Waals surface area (Å²) >= 11 is 0. The van der Waals surface area contributed by atoms with E-state index in [4.69, 9.17) is 5.11 Å². The fraction of sp³-hybridized carbons (Fsp3) is 0.889. The SMILES string of the molecule is CC(CNC(C)(C)C(C)O)C(=O)O. The Morgan fingerprint density at radius 3 is 2.23 bits per heavy atom. The highest BCUT2D eigenvalue weighted by Crippen LogP contribution is 2.08. The van der Waals surface area contributed by atoms with Crippen LogP contribution in [0.4, 0.5) is 0 Å². The first kappa shape index (κ1) is 12.4. The van der Waals surface area contributed by atoms with E-state index in [1.54, 1.807) is 13.8 Å². The van der Waals surface area contributed by atoms with Crippen molar-refractivity contribution < 1.29 is 15.0 Å². The molecule has 4 nitrogen and oxygen atoms in total. The Morgan fingerprint density at radius 2 is 1.92 bits per heavy atom. The molecule has 13 heavy (non-hydrogen) atoms. The van der Waals surface area contributed by atoms with Crippen LogP contribution in [0.2, 0.25) is 0 Å². The van der Waals surface area contributed by atoms with Crippen LogP contribution < -0.4 is 5.32 Å². The molecule has 0 saturated heterocycles. The Hall–Kier alpha value is -0.610. The van der Waals surface area contributed by atoms with Gasteiger partial charge in [-0.2, -0.15) is 0 Å². The van der Waals surface area contributed by atoms with Gasteiger partial charge in [-0.1, -0.05) is 6.92 Å². The van der Waals surface area contributed by atoms with Gasteiger partial charge in [-0.3, -0.25) is 4.79 Å². The summed E-state index contributed by atoms with van der Waals surface area (Å²) in [6.45, 7) is 7.36. The molecule has 0 heterocycles. The largest absolute Gasteiger partial charge is 0.481 e. The van der Waals surface area contributed by atoms with Gasteiger partial charge in [0, 0.05) is 12.1 Å². The van der Waals surface area contributed by atoms with E-state index < -0.39 is 23.5 Å². The van der Waals surface area contributed by atoms with Crippen molar-refractivity contribution in [3.63, 3.8) is 0 Å². The maximum absolute atomic E-state index is 10.5. The van der Waals surface area contributed by atoms with Crippen LogP contribution in [0.25, 0.3) is 0 Å². The molecule has 0 aromatic carbocycles. The first-order valence-electron chi connectivity index (χ1n) is 4.43. The minimum absolute atomic E-state index is 0.368. The predicted molar refractivity (Wildman–Crippen MR) is 50.6 cm³/mol. The molecule has 78 valence electrons. The molecule has 2 unspecified atom stereocenters. The van der Waals surface area contributed by atoms with Crippen molar-refractivity contribution in [1.82, 2.24) is 5.32 Å². The quantitative estimate of drug-likeness (QED) is 0.587. The Morgan fingerprint density at radius 1 is 1.46 bits per heavy atom. The van der Waals surface area contributed by atoms with Crippen molar-refractivity contribution in [2.24, 2.45) is 5.92 Å². The zero-order valence-corrected chi connectivity index (χ0v) is 8.66. The standard InChI is InChI=1S/C9H19NO3/c1-6(8(12)13)5-10-9(3,4)7(2)11/h6-7,10-11H,5H2,1-4H3,(H,12,13). The summed E-state index contributed by atoms with van der Waals surface area (Å²) in [5.41, 5.74) is -0.441. The first-order chi connectivity index (χ1) is 5.77. The number of aliphatic hydroxyl groups is 1. The van der Waals surface area contributed by atoms with E-state index in [0.29, 0.717) is 6.54 Å². The lowest BCUT2D eigenvalue weighted by molar-refractivity contribution is -0.141. The highest BCUT2D eigenvalue weighted by molar-refractivity contribution is 5.69. The van der Waals surface area contributed by atoms with Gasteiger partial charge in [0.15, 0.2) is 0 Å². The van der Waals surface area contributed by atoms with Crippen LogP contribution in [0, 0.1) is 5.92 Å². The van der Waals surface area contributed by atoms with Gasteiger partial charge in [0.25, 0.3) is 0 Å². The fourth-order valence-electron chi connectivity index (χ4n) is 0.651. The Labute approximate surface area is 79.0 Å². The van der Waals surface area contributed by atoms with Crippen LogP contribution in [0.15, 0.2) is 0 Å². The van der Waals surface area contributed by atoms with E-state index in [0.717, 1.165) is 0 Å². The number of aliphatic carboxylic acids is 1. The van der Waals surface area contributed by atoms with Crippen LogP contribution in [0.1, 0.15) is 27.7 Å². The van der Waals surface area contributed by atoms with Crippen LogP contribution in [-0.4, -0.2) is 34.4 Å². The van der Waals surface area contributed by atoms with Crippen molar-refractivity contribution in [3.05, 3.63) is 0 Å². The molecule has 0 fully saturated rings. The summed E-state index contributed by atoms with van der Waals surface area (Å²) in [5.74, 6) is -1.26. The monoisotopic (exact) mass is 189 g/mol. The molecule has 3 N–H and O–H groups in total. The average Bonchev–Trinajstić information content (AvgIpc) is 1.99. The topological polar surface area (TPSA) is 69.6 Å². The molecule has 0 aliphatic heterocycles. The lowest BCUT2D eigenvalue weighted by Gasteiger charge is -2.30. The highest BCUT2D eigenvalue weighted by atomic mass is 16.4. The summed E-state index contributed by atoms with van der Waals surface area (Å²) in [6.07, 6.45) is -0.506. The first-order valence-corrected chi connectivity index (χ1v) is 4.43. The smallest absolute Gasteiger partial charge is 0.307 e. The number of carboxylic acids is 1. The summed E-state index contributed by atoms with van der Waals surface area (Å²) in [5, 5.41) is 20.9. The minimum atomic E-state index is -0.825. The average molecular weight is 189 g/mol. The molecule has 0 aliphatic rings. The second-order valence-corrected chi connectivity index (χ2v) is 4.02.